The minimum Gasteiger partial charge on any atom is -0.481 e. The number of imidazole rings is 1. The topological polar surface area (TPSA) is 109 Å². The molecule has 3 aromatic heterocycles. The van der Waals surface area contributed by atoms with E-state index in [0.717, 1.165) is 27.7 Å². The SMILES string of the molecule is COc1ccc(-c2[nH][nH]c3cc4nc(C(=O)N[C@H](C)c5ccccc5)nc4cc23)cn1. The maximum absolute atomic E-state index is 12.7. The lowest BCUT2D eigenvalue weighted by Crippen LogP contribution is -2.27. The van der Waals surface area contributed by atoms with Gasteiger partial charge in [0.05, 0.1) is 35.4 Å². The molecule has 0 saturated carbocycles. The molecule has 31 heavy (non-hydrogen) atoms. The van der Waals surface area contributed by atoms with Crippen LogP contribution in [0.1, 0.15) is 29.1 Å². The van der Waals surface area contributed by atoms with Gasteiger partial charge in [-0.05, 0) is 30.7 Å². The number of hydrogen-bond acceptors (Lipinski definition) is 5. The Morgan fingerprint density at radius 3 is 2.52 bits per heavy atom. The third-order valence-corrected chi connectivity index (χ3v) is 5.24. The lowest BCUT2D eigenvalue weighted by molar-refractivity contribution is 0.0930. The predicted octanol–water partition coefficient (Wildman–Crippen LogP) is 4.00. The molecule has 0 aliphatic rings. The van der Waals surface area contributed by atoms with Crippen LogP contribution in [0.4, 0.5) is 0 Å². The normalized spacial score (nSPS) is 12.2. The molecule has 1 atom stereocenters. The van der Waals surface area contributed by atoms with Crippen LogP contribution in [0.3, 0.4) is 0 Å². The fourth-order valence-electron chi connectivity index (χ4n) is 3.58. The van der Waals surface area contributed by atoms with E-state index in [0.29, 0.717) is 16.9 Å². The van der Waals surface area contributed by atoms with Crippen molar-refractivity contribution >= 4 is 27.8 Å². The standard InChI is InChI=1S/C23H20N6O2/c1-13(14-6-4-3-5-7-14)25-23(30)22-26-18-10-16-17(11-19(18)27-22)28-29-21(16)15-8-9-20(31-2)24-12-15/h3-13,28-29H,1-2H3,(H,25,30)/t13-/m1/s1. The summed E-state index contributed by atoms with van der Waals surface area (Å²) in [6.07, 6.45) is 1.74. The van der Waals surface area contributed by atoms with Crippen molar-refractivity contribution in [2.75, 3.05) is 7.11 Å². The van der Waals surface area contributed by atoms with Crippen LogP contribution in [0.15, 0.2) is 60.8 Å². The fourth-order valence-corrected chi connectivity index (χ4v) is 3.58. The molecule has 0 fully saturated rings. The van der Waals surface area contributed by atoms with E-state index in [1.807, 2.05) is 55.5 Å². The molecule has 0 unspecified atom stereocenters. The quantitative estimate of drug-likeness (QED) is 0.404. The predicted molar refractivity (Wildman–Crippen MR) is 118 cm³/mol. The first-order valence-electron chi connectivity index (χ1n) is 9.86. The van der Waals surface area contributed by atoms with Gasteiger partial charge in [0.2, 0.25) is 11.7 Å². The first-order valence-corrected chi connectivity index (χ1v) is 9.86. The number of aromatic nitrogens is 5. The first-order chi connectivity index (χ1) is 15.1. The summed E-state index contributed by atoms with van der Waals surface area (Å²) in [4.78, 5) is 25.9. The number of nitrogens with zero attached hydrogens (tertiary/aromatic N) is 3. The average Bonchev–Trinajstić information content (AvgIpc) is 3.41. The van der Waals surface area contributed by atoms with Gasteiger partial charge in [0.15, 0.2) is 0 Å². The lowest BCUT2D eigenvalue weighted by atomic mass is 10.1. The van der Waals surface area contributed by atoms with E-state index < -0.39 is 0 Å². The van der Waals surface area contributed by atoms with E-state index in [2.05, 4.69) is 30.5 Å². The third kappa shape index (κ3) is 3.48. The second kappa shape index (κ2) is 7.56. The van der Waals surface area contributed by atoms with Crippen molar-refractivity contribution in [1.29, 1.82) is 0 Å². The average molecular weight is 412 g/mol. The zero-order valence-electron chi connectivity index (χ0n) is 17.0. The summed E-state index contributed by atoms with van der Waals surface area (Å²) in [6, 6.07) is 17.2. The van der Waals surface area contributed by atoms with Gasteiger partial charge in [0, 0.05) is 23.2 Å². The van der Waals surface area contributed by atoms with E-state index in [-0.39, 0.29) is 17.8 Å². The number of nitrogens with one attached hydrogen (secondary N) is 3. The molecule has 3 heterocycles. The van der Waals surface area contributed by atoms with Crippen molar-refractivity contribution < 1.29 is 9.53 Å². The van der Waals surface area contributed by atoms with Gasteiger partial charge >= 0.3 is 0 Å². The van der Waals surface area contributed by atoms with Crippen molar-refractivity contribution in [2.45, 2.75) is 13.0 Å². The molecule has 154 valence electrons. The van der Waals surface area contributed by atoms with Gasteiger partial charge < -0.3 is 15.2 Å². The smallest absolute Gasteiger partial charge is 0.289 e. The molecule has 0 aliphatic heterocycles. The van der Waals surface area contributed by atoms with Crippen LogP contribution in [0.25, 0.3) is 33.2 Å². The third-order valence-electron chi connectivity index (χ3n) is 5.24. The summed E-state index contributed by atoms with van der Waals surface area (Å²) in [5.41, 5.74) is 4.97. The number of ether oxygens (including phenoxy) is 1. The van der Waals surface area contributed by atoms with Crippen LogP contribution in [0.5, 0.6) is 5.88 Å². The lowest BCUT2D eigenvalue weighted by Gasteiger charge is -2.12. The molecule has 0 aliphatic carbocycles. The Kier molecular flexibility index (Phi) is 4.59. The summed E-state index contributed by atoms with van der Waals surface area (Å²) >= 11 is 0. The monoisotopic (exact) mass is 412 g/mol. The second-order valence-corrected chi connectivity index (χ2v) is 7.25. The zero-order chi connectivity index (χ0) is 21.4. The van der Waals surface area contributed by atoms with Crippen molar-refractivity contribution in [3.8, 4) is 17.1 Å². The van der Waals surface area contributed by atoms with E-state index in [4.69, 9.17) is 4.74 Å². The number of H-pyrrole nitrogens is 2. The van der Waals surface area contributed by atoms with Gasteiger partial charge in [-0.25, -0.2) is 15.0 Å². The highest BCUT2D eigenvalue weighted by molar-refractivity contribution is 6.02. The number of fused-ring (bicyclic) bond motifs is 2. The summed E-state index contributed by atoms with van der Waals surface area (Å²) in [5.74, 6) is 0.401. The largest absolute Gasteiger partial charge is 0.481 e. The number of amides is 1. The molecule has 0 saturated heterocycles. The van der Waals surface area contributed by atoms with Crippen molar-refractivity contribution in [3.63, 3.8) is 0 Å². The molecule has 8 heteroatoms. The van der Waals surface area contributed by atoms with Crippen LogP contribution in [-0.4, -0.2) is 38.2 Å². The van der Waals surface area contributed by atoms with Crippen molar-refractivity contribution in [3.05, 3.63) is 72.2 Å². The van der Waals surface area contributed by atoms with Crippen LogP contribution in [-0.2, 0) is 0 Å². The first kappa shape index (κ1) is 18.8. The van der Waals surface area contributed by atoms with Crippen molar-refractivity contribution in [2.24, 2.45) is 0 Å². The maximum Gasteiger partial charge on any atom is 0.289 e. The summed E-state index contributed by atoms with van der Waals surface area (Å²) in [7, 11) is 1.58. The van der Waals surface area contributed by atoms with Gasteiger partial charge in [0.25, 0.3) is 5.91 Å². The molecule has 8 nitrogen and oxygen atoms in total. The van der Waals surface area contributed by atoms with Gasteiger partial charge in [0.1, 0.15) is 0 Å². The Balaban J connectivity index is 1.46. The number of hydrogen-bond donors (Lipinski definition) is 3. The fraction of sp³-hybridized carbons (Fsp3) is 0.130. The number of rotatable bonds is 5. The zero-order valence-corrected chi connectivity index (χ0v) is 17.0. The van der Waals surface area contributed by atoms with Gasteiger partial charge in [-0.2, -0.15) is 0 Å². The Morgan fingerprint density at radius 1 is 1.03 bits per heavy atom. The van der Waals surface area contributed by atoms with Gasteiger partial charge in [-0.15, -0.1) is 0 Å². The van der Waals surface area contributed by atoms with Gasteiger partial charge in [-0.1, -0.05) is 30.3 Å². The van der Waals surface area contributed by atoms with Crippen LogP contribution in [0.2, 0.25) is 0 Å². The highest BCUT2D eigenvalue weighted by Crippen LogP contribution is 2.29. The molecule has 3 N–H and O–H groups in total. The number of pyridine rings is 1. The Hall–Kier alpha value is -4.20. The van der Waals surface area contributed by atoms with E-state index in [9.17, 15) is 4.79 Å². The molecular formula is C23H20N6O2. The second-order valence-electron chi connectivity index (χ2n) is 7.25. The number of carbonyl (C=O) groups excluding carboxylic acids is 1. The van der Waals surface area contributed by atoms with E-state index in [1.54, 1.807) is 19.4 Å². The maximum atomic E-state index is 12.7. The number of benzene rings is 2. The minimum absolute atomic E-state index is 0.145. The molecule has 0 bridgehead atoms. The van der Waals surface area contributed by atoms with E-state index in [1.165, 1.54) is 0 Å². The van der Waals surface area contributed by atoms with Crippen LogP contribution >= 0.6 is 0 Å². The highest BCUT2D eigenvalue weighted by Gasteiger charge is 2.18. The summed E-state index contributed by atoms with van der Waals surface area (Å²) in [6.45, 7) is 1.93. The van der Waals surface area contributed by atoms with E-state index >= 15 is 0 Å². The molecular weight excluding hydrogens is 392 g/mol. The number of aromatic amines is 2. The molecule has 1 amide bonds. The Bertz CT molecular complexity index is 1370. The minimum atomic E-state index is -0.303. The highest BCUT2D eigenvalue weighted by atomic mass is 16.5. The molecule has 2 aromatic carbocycles. The molecule has 0 radical (unpaired) electrons. The summed E-state index contributed by atoms with van der Waals surface area (Å²) < 4.78 is 5.13. The molecule has 0 spiro atoms. The Morgan fingerprint density at radius 2 is 1.81 bits per heavy atom. The Labute approximate surface area is 177 Å². The summed E-state index contributed by atoms with van der Waals surface area (Å²) in [5, 5.41) is 10.2. The van der Waals surface area contributed by atoms with Crippen LogP contribution in [0, 0.1) is 0 Å². The number of methoxy groups -OCH3 is 1. The van der Waals surface area contributed by atoms with Crippen LogP contribution < -0.4 is 10.1 Å². The number of carbonyl (C=O) groups is 1. The van der Waals surface area contributed by atoms with Crippen molar-refractivity contribution in [1.82, 2.24) is 30.5 Å². The van der Waals surface area contributed by atoms with Gasteiger partial charge in [-0.3, -0.25) is 9.89 Å². The molecule has 5 rings (SSSR count). The molecule has 5 aromatic rings.